The van der Waals surface area contributed by atoms with Gasteiger partial charge in [0.1, 0.15) is 23.1 Å². The van der Waals surface area contributed by atoms with Crippen LogP contribution in [0.2, 0.25) is 0 Å². The van der Waals surface area contributed by atoms with Crippen molar-refractivity contribution >= 4 is 33.9 Å². The first kappa shape index (κ1) is 25.0. The van der Waals surface area contributed by atoms with Crippen molar-refractivity contribution < 1.29 is 14.6 Å². The molecule has 11 nitrogen and oxygen atoms in total. The normalized spacial score (nSPS) is 11.0. The number of phenols is 1. The number of amides is 1. The van der Waals surface area contributed by atoms with E-state index < -0.39 is 5.91 Å². The van der Waals surface area contributed by atoms with E-state index >= 15 is 0 Å². The Balaban J connectivity index is 1.59. The average Bonchev–Trinajstić information content (AvgIpc) is 3.35. The molecule has 0 fully saturated rings. The molecule has 5 rings (SSSR count). The zero-order valence-corrected chi connectivity index (χ0v) is 21.2. The van der Waals surface area contributed by atoms with Gasteiger partial charge in [-0.1, -0.05) is 24.3 Å². The van der Waals surface area contributed by atoms with E-state index in [0.29, 0.717) is 33.6 Å². The molecule has 2 N–H and O–H groups in total. The van der Waals surface area contributed by atoms with Crippen LogP contribution in [0.5, 0.6) is 11.5 Å². The van der Waals surface area contributed by atoms with E-state index in [4.69, 9.17) is 4.74 Å². The summed E-state index contributed by atoms with van der Waals surface area (Å²) in [6.07, 6.45) is 1.34. The van der Waals surface area contributed by atoms with Crippen molar-refractivity contribution in [1.29, 1.82) is 5.26 Å². The molecular formula is C28H22N8O3. The summed E-state index contributed by atoms with van der Waals surface area (Å²) in [5, 5.41) is 37.6. The highest BCUT2D eigenvalue weighted by Gasteiger charge is 2.20. The second-order valence-electron chi connectivity index (χ2n) is 8.58. The number of anilines is 1. The van der Waals surface area contributed by atoms with Crippen LogP contribution >= 0.6 is 0 Å². The van der Waals surface area contributed by atoms with Gasteiger partial charge in [-0.2, -0.15) is 15.0 Å². The van der Waals surface area contributed by atoms with E-state index in [0.717, 1.165) is 0 Å². The lowest BCUT2D eigenvalue weighted by molar-refractivity contribution is 0.102. The standard InChI is InChI=1S/C28H22N8O3/c1-16-12-17(2)32-28(31-16)36-26(19(14-29)15-30-36)35-34-24-22-7-5-4-6-18(22)13-23(25(24)37)27(38)33-20-8-10-21(39-3)11-9-20/h4-13,15,37H,1-3H3,(H,33,38). The molecule has 0 aliphatic heterocycles. The highest BCUT2D eigenvalue weighted by Crippen LogP contribution is 2.40. The Labute approximate surface area is 223 Å². The Bertz CT molecular complexity index is 1770. The predicted molar refractivity (Wildman–Crippen MR) is 144 cm³/mol. The minimum atomic E-state index is -0.536. The molecule has 0 spiro atoms. The van der Waals surface area contributed by atoms with Gasteiger partial charge in [-0.05, 0) is 55.6 Å². The third-order valence-corrected chi connectivity index (χ3v) is 5.86. The fourth-order valence-electron chi connectivity index (χ4n) is 4.03. The Morgan fingerprint density at radius 1 is 1.05 bits per heavy atom. The summed E-state index contributed by atoms with van der Waals surface area (Å²) < 4.78 is 6.46. The summed E-state index contributed by atoms with van der Waals surface area (Å²) in [6.45, 7) is 3.64. The number of fused-ring (bicyclic) bond motifs is 1. The number of ether oxygens (including phenoxy) is 1. The molecule has 2 aromatic heterocycles. The highest BCUT2D eigenvalue weighted by atomic mass is 16.5. The Kier molecular flexibility index (Phi) is 6.67. The number of carbonyl (C=O) groups is 1. The summed E-state index contributed by atoms with van der Waals surface area (Å²) in [5.41, 5.74) is 2.16. The maximum absolute atomic E-state index is 13.2. The zero-order chi connectivity index (χ0) is 27.5. The SMILES string of the molecule is COc1ccc(NC(=O)c2cc3ccccc3c(N=Nc3c(C#N)cnn3-c3nc(C)cc(C)n3)c2O)cc1. The quantitative estimate of drug-likeness (QED) is 0.274. The van der Waals surface area contributed by atoms with E-state index in [2.05, 4.69) is 30.6 Å². The number of carbonyl (C=O) groups excluding carboxylic acids is 1. The number of azo groups is 1. The van der Waals surface area contributed by atoms with Crippen molar-refractivity contribution in [3.8, 4) is 23.5 Å². The maximum Gasteiger partial charge on any atom is 0.259 e. The zero-order valence-electron chi connectivity index (χ0n) is 21.2. The van der Waals surface area contributed by atoms with Crippen LogP contribution in [0.3, 0.4) is 0 Å². The van der Waals surface area contributed by atoms with Crippen molar-refractivity contribution in [1.82, 2.24) is 19.7 Å². The van der Waals surface area contributed by atoms with E-state index in [-0.39, 0.29) is 34.3 Å². The van der Waals surface area contributed by atoms with E-state index in [1.165, 1.54) is 10.9 Å². The summed E-state index contributed by atoms with van der Waals surface area (Å²) >= 11 is 0. The van der Waals surface area contributed by atoms with Crippen molar-refractivity contribution in [2.75, 3.05) is 12.4 Å². The molecule has 0 aliphatic carbocycles. The largest absolute Gasteiger partial charge is 0.505 e. The van der Waals surface area contributed by atoms with Crippen LogP contribution in [-0.2, 0) is 0 Å². The molecule has 0 unspecified atom stereocenters. The number of aromatic hydroxyl groups is 1. The number of hydrogen-bond acceptors (Lipinski definition) is 9. The van der Waals surface area contributed by atoms with Gasteiger partial charge in [0.2, 0.25) is 0 Å². The molecule has 0 atom stereocenters. The number of nitriles is 1. The number of methoxy groups -OCH3 is 1. The van der Waals surface area contributed by atoms with Gasteiger partial charge < -0.3 is 15.2 Å². The molecule has 0 aliphatic rings. The molecular weight excluding hydrogens is 496 g/mol. The van der Waals surface area contributed by atoms with E-state index in [9.17, 15) is 15.2 Å². The number of hydrogen-bond donors (Lipinski definition) is 2. The topological polar surface area (TPSA) is 151 Å². The number of phenolic OH excluding ortho intramolecular Hbond substituents is 1. The van der Waals surface area contributed by atoms with Crippen LogP contribution in [-0.4, -0.2) is 37.9 Å². The number of nitrogens with zero attached hydrogens (tertiary/aromatic N) is 7. The number of rotatable bonds is 6. The summed E-state index contributed by atoms with van der Waals surface area (Å²) in [5.74, 6) is 0.0529. The lowest BCUT2D eigenvalue weighted by Gasteiger charge is -2.11. The number of benzene rings is 3. The van der Waals surface area contributed by atoms with Crippen molar-refractivity contribution in [3.63, 3.8) is 0 Å². The minimum absolute atomic E-state index is 0.00475. The lowest BCUT2D eigenvalue weighted by Crippen LogP contribution is -2.12. The lowest BCUT2D eigenvalue weighted by atomic mass is 10.0. The molecule has 0 radical (unpaired) electrons. The molecule has 0 bridgehead atoms. The van der Waals surface area contributed by atoms with Gasteiger partial charge in [0.25, 0.3) is 11.9 Å². The second kappa shape index (κ2) is 10.4. The first-order chi connectivity index (χ1) is 18.9. The van der Waals surface area contributed by atoms with Gasteiger partial charge in [0, 0.05) is 22.5 Å². The Hall–Kier alpha value is -5.63. The molecule has 0 saturated heterocycles. The monoisotopic (exact) mass is 518 g/mol. The van der Waals surface area contributed by atoms with Crippen LogP contribution < -0.4 is 10.1 Å². The molecule has 2 heterocycles. The molecule has 192 valence electrons. The van der Waals surface area contributed by atoms with Crippen molar-refractivity contribution in [3.05, 3.63) is 89.4 Å². The average molecular weight is 519 g/mol. The summed E-state index contributed by atoms with van der Waals surface area (Å²) in [4.78, 5) is 22.0. The summed E-state index contributed by atoms with van der Waals surface area (Å²) in [6, 6.07) is 19.4. The van der Waals surface area contributed by atoms with Gasteiger partial charge in [0.15, 0.2) is 11.6 Å². The first-order valence-corrected chi connectivity index (χ1v) is 11.8. The smallest absolute Gasteiger partial charge is 0.259 e. The number of aromatic nitrogens is 4. The van der Waals surface area contributed by atoms with Crippen LogP contribution in [0.25, 0.3) is 16.7 Å². The van der Waals surface area contributed by atoms with Gasteiger partial charge in [-0.25, -0.2) is 9.97 Å². The van der Waals surface area contributed by atoms with Crippen LogP contribution in [0, 0.1) is 25.2 Å². The molecule has 11 heteroatoms. The third-order valence-electron chi connectivity index (χ3n) is 5.86. The molecule has 0 saturated carbocycles. The Morgan fingerprint density at radius 3 is 2.46 bits per heavy atom. The van der Waals surface area contributed by atoms with Gasteiger partial charge in [0.05, 0.1) is 18.9 Å². The highest BCUT2D eigenvalue weighted by molar-refractivity contribution is 6.11. The van der Waals surface area contributed by atoms with Gasteiger partial charge >= 0.3 is 0 Å². The number of aryl methyl sites for hydroxylation is 2. The molecule has 39 heavy (non-hydrogen) atoms. The molecule has 3 aromatic carbocycles. The summed E-state index contributed by atoms with van der Waals surface area (Å²) in [7, 11) is 1.55. The fraction of sp³-hybridized carbons (Fsp3) is 0.107. The molecule has 5 aromatic rings. The van der Waals surface area contributed by atoms with Gasteiger partial charge in [-0.3, -0.25) is 4.79 Å². The van der Waals surface area contributed by atoms with Crippen LogP contribution in [0.1, 0.15) is 27.3 Å². The molecule has 1 amide bonds. The van der Waals surface area contributed by atoms with Crippen molar-refractivity contribution in [2.45, 2.75) is 13.8 Å². The first-order valence-electron chi connectivity index (χ1n) is 11.8. The van der Waals surface area contributed by atoms with Crippen molar-refractivity contribution in [2.24, 2.45) is 10.2 Å². The fourth-order valence-corrected chi connectivity index (χ4v) is 4.03. The minimum Gasteiger partial charge on any atom is -0.505 e. The predicted octanol–water partition coefficient (Wildman–Crippen LogP) is 5.69. The van der Waals surface area contributed by atoms with E-state index in [1.54, 1.807) is 55.6 Å². The third kappa shape index (κ3) is 4.99. The number of nitrogens with one attached hydrogen (secondary N) is 1. The van der Waals surface area contributed by atoms with Gasteiger partial charge in [-0.15, -0.1) is 10.2 Å². The van der Waals surface area contributed by atoms with Crippen LogP contribution in [0.15, 0.2) is 77.1 Å². The second-order valence-corrected chi connectivity index (χ2v) is 8.58. The Morgan fingerprint density at radius 2 is 1.77 bits per heavy atom. The van der Waals surface area contributed by atoms with Crippen LogP contribution in [0.4, 0.5) is 17.2 Å². The van der Waals surface area contributed by atoms with E-state index in [1.807, 2.05) is 32.0 Å². The maximum atomic E-state index is 13.2.